The van der Waals surface area contributed by atoms with Crippen LogP contribution in [-0.4, -0.2) is 23.5 Å². The predicted molar refractivity (Wildman–Crippen MR) is 70.6 cm³/mol. The van der Waals surface area contributed by atoms with Crippen molar-refractivity contribution in [3.63, 3.8) is 0 Å². The van der Waals surface area contributed by atoms with Gasteiger partial charge in [-0.25, -0.2) is 4.98 Å². The third kappa shape index (κ3) is 5.27. The molecule has 18 heavy (non-hydrogen) atoms. The van der Waals surface area contributed by atoms with Gasteiger partial charge in [0.1, 0.15) is 0 Å². The molecule has 0 unspecified atom stereocenters. The van der Waals surface area contributed by atoms with E-state index in [1.807, 2.05) is 6.92 Å². The molecule has 6 heteroatoms. The molecule has 0 bridgehead atoms. The summed E-state index contributed by atoms with van der Waals surface area (Å²) in [6.07, 6.45) is 2.50. The second-order valence-electron chi connectivity index (χ2n) is 3.78. The van der Waals surface area contributed by atoms with Crippen LogP contribution in [0.4, 0.5) is 5.13 Å². The first-order valence-corrected chi connectivity index (χ1v) is 6.93. The Morgan fingerprint density at radius 2 is 2.22 bits per heavy atom. The first kappa shape index (κ1) is 14.6. The second-order valence-corrected chi connectivity index (χ2v) is 4.64. The van der Waals surface area contributed by atoms with E-state index in [1.54, 1.807) is 12.3 Å². The number of thiazole rings is 1. The van der Waals surface area contributed by atoms with Gasteiger partial charge in [-0.3, -0.25) is 9.59 Å². The number of anilines is 1. The minimum absolute atomic E-state index is 0.0334. The number of unbranched alkanes of at least 4 members (excludes halogenated alkanes) is 1. The molecule has 100 valence electrons. The Balaban J connectivity index is 2.43. The Labute approximate surface area is 111 Å². The molecule has 0 aliphatic carbocycles. The molecule has 5 nitrogen and oxygen atoms in total. The predicted octanol–water partition coefficient (Wildman–Crippen LogP) is 2.38. The fourth-order valence-corrected chi connectivity index (χ4v) is 2.05. The smallest absolute Gasteiger partial charge is 0.311 e. The molecule has 0 saturated heterocycles. The van der Waals surface area contributed by atoms with Crippen molar-refractivity contribution in [1.29, 1.82) is 0 Å². The number of carbonyl (C=O) groups is 2. The first-order chi connectivity index (χ1) is 8.65. The minimum atomic E-state index is -0.299. The van der Waals surface area contributed by atoms with Gasteiger partial charge >= 0.3 is 5.97 Å². The Morgan fingerprint density at radius 1 is 1.44 bits per heavy atom. The largest absolute Gasteiger partial charge is 0.466 e. The number of nitrogens with zero attached hydrogens (tertiary/aromatic N) is 1. The molecule has 0 spiro atoms. The van der Waals surface area contributed by atoms with E-state index in [-0.39, 0.29) is 18.3 Å². The van der Waals surface area contributed by atoms with Crippen LogP contribution in [-0.2, 0) is 20.7 Å². The average molecular weight is 270 g/mol. The Bertz CT molecular complexity index is 404. The van der Waals surface area contributed by atoms with Crippen LogP contribution in [0.15, 0.2) is 5.38 Å². The molecule has 1 heterocycles. The highest BCUT2D eigenvalue weighted by Gasteiger charge is 2.10. The third-order valence-corrected chi connectivity index (χ3v) is 2.99. The van der Waals surface area contributed by atoms with E-state index in [0.29, 0.717) is 23.9 Å². The lowest BCUT2D eigenvalue weighted by Crippen LogP contribution is -2.11. The SMILES string of the molecule is CCCCC(=O)Nc1nc(CC(=O)OCC)cs1. The van der Waals surface area contributed by atoms with Crippen molar-refractivity contribution in [2.75, 3.05) is 11.9 Å². The van der Waals surface area contributed by atoms with E-state index in [9.17, 15) is 9.59 Å². The summed E-state index contributed by atoms with van der Waals surface area (Å²) in [6, 6.07) is 0. The minimum Gasteiger partial charge on any atom is -0.466 e. The number of hydrogen-bond donors (Lipinski definition) is 1. The zero-order chi connectivity index (χ0) is 13.4. The van der Waals surface area contributed by atoms with Crippen LogP contribution in [0.2, 0.25) is 0 Å². The maximum absolute atomic E-state index is 11.5. The molecule has 0 aliphatic heterocycles. The highest BCUT2D eigenvalue weighted by atomic mass is 32.1. The summed E-state index contributed by atoms with van der Waals surface area (Å²) in [4.78, 5) is 26.9. The van der Waals surface area contributed by atoms with Crippen molar-refractivity contribution in [3.8, 4) is 0 Å². The van der Waals surface area contributed by atoms with E-state index in [4.69, 9.17) is 4.74 Å². The van der Waals surface area contributed by atoms with Crippen molar-refractivity contribution in [1.82, 2.24) is 4.98 Å². The van der Waals surface area contributed by atoms with E-state index < -0.39 is 0 Å². The molecule has 0 saturated carbocycles. The van der Waals surface area contributed by atoms with Crippen molar-refractivity contribution in [2.24, 2.45) is 0 Å². The van der Waals surface area contributed by atoms with E-state index in [0.717, 1.165) is 12.8 Å². The normalized spacial score (nSPS) is 10.1. The third-order valence-electron chi connectivity index (χ3n) is 2.19. The summed E-state index contributed by atoms with van der Waals surface area (Å²) in [7, 11) is 0. The molecule has 1 aromatic rings. The van der Waals surface area contributed by atoms with Crippen LogP contribution in [0, 0.1) is 0 Å². The summed E-state index contributed by atoms with van der Waals surface area (Å²) in [5, 5.41) is 5.01. The van der Waals surface area contributed by atoms with Gasteiger partial charge in [0.15, 0.2) is 5.13 Å². The molecule has 0 radical (unpaired) electrons. The van der Waals surface area contributed by atoms with Crippen LogP contribution in [0.25, 0.3) is 0 Å². The van der Waals surface area contributed by atoms with Crippen molar-refractivity contribution >= 4 is 28.3 Å². The summed E-state index contributed by atoms with van der Waals surface area (Å²) in [5.41, 5.74) is 0.629. The fraction of sp³-hybridized carbons (Fsp3) is 0.583. The summed E-state index contributed by atoms with van der Waals surface area (Å²) < 4.78 is 4.83. The van der Waals surface area contributed by atoms with Crippen molar-refractivity contribution in [2.45, 2.75) is 39.5 Å². The van der Waals surface area contributed by atoms with Crippen LogP contribution >= 0.6 is 11.3 Å². The molecular weight excluding hydrogens is 252 g/mol. The number of ether oxygens (including phenoxy) is 1. The standard InChI is InChI=1S/C12H18N2O3S/c1-3-5-6-10(15)14-12-13-9(8-18-12)7-11(16)17-4-2/h8H,3-7H2,1-2H3,(H,13,14,15). The zero-order valence-corrected chi connectivity index (χ0v) is 11.5. The topological polar surface area (TPSA) is 68.3 Å². The highest BCUT2D eigenvalue weighted by molar-refractivity contribution is 7.13. The monoisotopic (exact) mass is 270 g/mol. The maximum Gasteiger partial charge on any atom is 0.311 e. The van der Waals surface area contributed by atoms with Crippen LogP contribution < -0.4 is 5.32 Å². The molecule has 0 aliphatic rings. The molecule has 1 aromatic heterocycles. The summed E-state index contributed by atoms with van der Waals surface area (Å²) in [6.45, 7) is 4.16. The molecule has 0 atom stereocenters. The van der Waals surface area contributed by atoms with Gasteiger partial charge in [0.05, 0.1) is 18.7 Å². The van der Waals surface area contributed by atoms with E-state index in [1.165, 1.54) is 11.3 Å². The van der Waals surface area contributed by atoms with E-state index >= 15 is 0 Å². The zero-order valence-electron chi connectivity index (χ0n) is 10.7. The number of carbonyl (C=O) groups excluding carboxylic acids is 2. The van der Waals surface area contributed by atoms with Gasteiger partial charge in [-0.2, -0.15) is 0 Å². The number of nitrogens with one attached hydrogen (secondary N) is 1. The Kier molecular flexibility index (Phi) is 6.35. The number of aromatic nitrogens is 1. The van der Waals surface area contributed by atoms with Gasteiger partial charge in [-0.15, -0.1) is 11.3 Å². The summed E-state index contributed by atoms with van der Waals surface area (Å²) in [5.74, 6) is -0.333. The van der Waals surface area contributed by atoms with Gasteiger partial charge in [-0.1, -0.05) is 13.3 Å². The molecular formula is C12H18N2O3S. The molecule has 1 N–H and O–H groups in total. The molecule has 0 aromatic carbocycles. The summed E-state index contributed by atoms with van der Waals surface area (Å²) >= 11 is 1.32. The molecule has 0 fully saturated rings. The van der Waals surface area contributed by atoms with Crippen LogP contribution in [0.3, 0.4) is 0 Å². The molecule has 1 rings (SSSR count). The lowest BCUT2D eigenvalue weighted by molar-refractivity contribution is -0.142. The Morgan fingerprint density at radius 3 is 2.89 bits per heavy atom. The second kappa shape index (κ2) is 7.81. The van der Waals surface area contributed by atoms with E-state index in [2.05, 4.69) is 10.3 Å². The van der Waals surface area contributed by atoms with Gasteiger partial charge in [0.25, 0.3) is 0 Å². The number of rotatable bonds is 7. The first-order valence-electron chi connectivity index (χ1n) is 6.05. The quantitative estimate of drug-likeness (QED) is 0.772. The van der Waals surface area contributed by atoms with Crippen molar-refractivity contribution in [3.05, 3.63) is 11.1 Å². The van der Waals surface area contributed by atoms with Crippen LogP contribution in [0.5, 0.6) is 0 Å². The lowest BCUT2D eigenvalue weighted by atomic mass is 10.2. The number of esters is 1. The van der Waals surface area contributed by atoms with Crippen LogP contribution in [0.1, 0.15) is 38.8 Å². The van der Waals surface area contributed by atoms with Gasteiger partial charge in [-0.05, 0) is 13.3 Å². The highest BCUT2D eigenvalue weighted by Crippen LogP contribution is 2.16. The average Bonchev–Trinajstić information content (AvgIpc) is 2.74. The lowest BCUT2D eigenvalue weighted by Gasteiger charge is -2.00. The van der Waals surface area contributed by atoms with Gasteiger partial charge < -0.3 is 10.1 Å². The van der Waals surface area contributed by atoms with Gasteiger partial charge in [0, 0.05) is 11.8 Å². The fourth-order valence-electron chi connectivity index (χ4n) is 1.32. The number of amides is 1. The maximum atomic E-state index is 11.5. The van der Waals surface area contributed by atoms with Gasteiger partial charge in [0.2, 0.25) is 5.91 Å². The molecule has 1 amide bonds. The Hall–Kier alpha value is -1.43. The van der Waals surface area contributed by atoms with Crippen molar-refractivity contribution < 1.29 is 14.3 Å². The number of hydrogen-bond acceptors (Lipinski definition) is 5.